The molecule has 0 aromatic heterocycles. The van der Waals surface area contributed by atoms with Gasteiger partial charge in [0.15, 0.2) is 18.1 Å². The molecule has 0 radical (unpaired) electrons. The molecule has 3 aromatic rings. The van der Waals surface area contributed by atoms with Gasteiger partial charge in [0, 0.05) is 17.9 Å². The second-order valence-electron chi connectivity index (χ2n) is 7.05. The number of carboxylic acid groups (broad SMARTS) is 1. The van der Waals surface area contributed by atoms with Crippen LogP contribution in [0.2, 0.25) is 0 Å². The zero-order valence-corrected chi connectivity index (χ0v) is 19.8. The summed E-state index contributed by atoms with van der Waals surface area (Å²) in [6.45, 7) is 2.27. The summed E-state index contributed by atoms with van der Waals surface area (Å²) >= 11 is 2.14. The molecule has 0 aliphatic carbocycles. The highest BCUT2D eigenvalue weighted by molar-refractivity contribution is 14.1. The largest absolute Gasteiger partial charge is 0.493 e. The quantitative estimate of drug-likeness (QED) is 0.330. The van der Waals surface area contributed by atoms with E-state index >= 15 is 0 Å². The summed E-state index contributed by atoms with van der Waals surface area (Å²) in [7, 11) is 1.54. The number of nitrogens with one attached hydrogen (secondary N) is 2. The minimum Gasteiger partial charge on any atom is -0.493 e. The van der Waals surface area contributed by atoms with Crippen molar-refractivity contribution in [2.75, 3.05) is 24.4 Å². The third-order valence-electron chi connectivity index (χ3n) is 4.54. The number of carbonyl (C=O) groups excluding carboxylic acids is 1. The maximum Gasteiger partial charge on any atom is 0.335 e. The number of aromatic carboxylic acids is 1. The molecule has 0 saturated carbocycles. The number of hydrogen-bond acceptors (Lipinski definition) is 5. The van der Waals surface area contributed by atoms with E-state index in [1.165, 1.54) is 0 Å². The molecule has 166 valence electrons. The van der Waals surface area contributed by atoms with Gasteiger partial charge in [0.1, 0.15) is 0 Å². The van der Waals surface area contributed by atoms with E-state index in [9.17, 15) is 9.59 Å². The highest BCUT2D eigenvalue weighted by atomic mass is 127. The van der Waals surface area contributed by atoms with Gasteiger partial charge in [-0.15, -0.1) is 0 Å². The molecule has 0 bridgehead atoms. The van der Waals surface area contributed by atoms with E-state index < -0.39 is 5.97 Å². The first-order chi connectivity index (χ1) is 15.4. The predicted molar refractivity (Wildman–Crippen MR) is 132 cm³/mol. The Morgan fingerprint density at radius 1 is 1.03 bits per heavy atom. The minimum atomic E-state index is -0.974. The Bertz CT molecular complexity index is 1130. The highest BCUT2D eigenvalue weighted by Crippen LogP contribution is 2.34. The number of hydrogen-bond donors (Lipinski definition) is 3. The molecular formula is C24H23IN2O5. The van der Waals surface area contributed by atoms with E-state index in [0.717, 1.165) is 14.7 Å². The van der Waals surface area contributed by atoms with Crippen molar-refractivity contribution in [1.82, 2.24) is 0 Å². The first-order valence-electron chi connectivity index (χ1n) is 9.78. The van der Waals surface area contributed by atoms with Crippen molar-refractivity contribution >= 4 is 45.8 Å². The van der Waals surface area contributed by atoms with Crippen molar-refractivity contribution < 1.29 is 24.2 Å². The zero-order valence-electron chi connectivity index (χ0n) is 17.6. The molecule has 0 heterocycles. The monoisotopic (exact) mass is 546 g/mol. The number of rotatable bonds is 9. The minimum absolute atomic E-state index is 0.153. The van der Waals surface area contributed by atoms with Crippen molar-refractivity contribution in [3.05, 3.63) is 80.9 Å². The first kappa shape index (κ1) is 23.4. The summed E-state index contributed by atoms with van der Waals surface area (Å²) in [5, 5.41) is 15.1. The summed E-state index contributed by atoms with van der Waals surface area (Å²) in [5.74, 6) is -0.240. The molecule has 0 spiro atoms. The van der Waals surface area contributed by atoms with Crippen LogP contribution in [0.25, 0.3) is 0 Å². The number of halogens is 1. The lowest BCUT2D eigenvalue weighted by atomic mass is 10.1. The normalized spacial score (nSPS) is 10.3. The van der Waals surface area contributed by atoms with E-state index in [4.69, 9.17) is 14.6 Å². The van der Waals surface area contributed by atoms with E-state index in [0.29, 0.717) is 29.4 Å². The van der Waals surface area contributed by atoms with Crippen LogP contribution in [0.4, 0.5) is 11.4 Å². The molecule has 7 nitrogen and oxygen atoms in total. The van der Waals surface area contributed by atoms with Crippen molar-refractivity contribution in [3.8, 4) is 11.5 Å². The smallest absolute Gasteiger partial charge is 0.335 e. The summed E-state index contributed by atoms with van der Waals surface area (Å²) in [5.41, 5.74) is 3.61. The Balaban J connectivity index is 1.65. The summed E-state index contributed by atoms with van der Waals surface area (Å²) in [4.78, 5) is 23.4. The molecule has 3 aromatic carbocycles. The third-order valence-corrected chi connectivity index (χ3v) is 5.35. The van der Waals surface area contributed by atoms with Gasteiger partial charge >= 0.3 is 5.97 Å². The van der Waals surface area contributed by atoms with Crippen LogP contribution in [0.3, 0.4) is 0 Å². The van der Waals surface area contributed by atoms with Gasteiger partial charge in [-0.2, -0.15) is 0 Å². The van der Waals surface area contributed by atoms with Crippen LogP contribution >= 0.6 is 22.6 Å². The lowest BCUT2D eigenvalue weighted by Gasteiger charge is -2.15. The van der Waals surface area contributed by atoms with Crippen LogP contribution in [0.15, 0.2) is 60.7 Å². The Labute approximate surface area is 199 Å². The standard InChI is InChI=1S/C24H23IN2O5/c1-15-5-3-8-19(9-15)27-22(28)14-32-23-20(25)10-16(11-21(23)31-2)13-26-18-7-4-6-17(12-18)24(29)30/h3-12,26H,13-14H2,1-2H3,(H,27,28)(H,29,30). The number of amides is 1. The van der Waals surface area contributed by atoms with Gasteiger partial charge in [-0.05, 0) is 83.1 Å². The second kappa shape index (κ2) is 10.9. The van der Waals surface area contributed by atoms with Crippen LogP contribution in [0.1, 0.15) is 21.5 Å². The van der Waals surface area contributed by atoms with E-state index in [1.807, 2.05) is 43.3 Å². The number of ether oxygens (including phenoxy) is 2. The van der Waals surface area contributed by atoms with Gasteiger partial charge in [-0.1, -0.05) is 18.2 Å². The Morgan fingerprint density at radius 2 is 1.78 bits per heavy atom. The fourth-order valence-corrected chi connectivity index (χ4v) is 3.86. The molecule has 3 N–H and O–H groups in total. The molecule has 0 saturated heterocycles. The van der Waals surface area contributed by atoms with Crippen molar-refractivity contribution in [2.45, 2.75) is 13.5 Å². The lowest BCUT2D eigenvalue weighted by molar-refractivity contribution is -0.118. The fraction of sp³-hybridized carbons (Fsp3) is 0.167. The third kappa shape index (κ3) is 6.36. The van der Waals surface area contributed by atoms with Crippen LogP contribution in [0, 0.1) is 10.5 Å². The highest BCUT2D eigenvalue weighted by Gasteiger charge is 2.14. The summed E-state index contributed by atoms with van der Waals surface area (Å²) in [6.07, 6.45) is 0. The number of carboxylic acids is 1. The second-order valence-corrected chi connectivity index (χ2v) is 8.22. The SMILES string of the molecule is COc1cc(CNc2cccc(C(=O)O)c2)cc(I)c1OCC(=O)Nc1cccc(C)c1. The van der Waals surface area contributed by atoms with Crippen LogP contribution in [0.5, 0.6) is 11.5 Å². The van der Waals surface area contributed by atoms with Crippen LogP contribution in [-0.4, -0.2) is 30.7 Å². The van der Waals surface area contributed by atoms with Crippen molar-refractivity contribution in [1.29, 1.82) is 0 Å². The van der Waals surface area contributed by atoms with Gasteiger partial charge in [0.2, 0.25) is 0 Å². The number of aryl methyl sites for hydroxylation is 1. The summed E-state index contributed by atoms with van der Waals surface area (Å²) < 4.78 is 12.0. The molecular weight excluding hydrogens is 523 g/mol. The Hall–Kier alpha value is -3.27. The molecule has 32 heavy (non-hydrogen) atoms. The number of anilines is 2. The average molecular weight is 546 g/mol. The van der Waals surface area contributed by atoms with Crippen LogP contribution < -0.4 is 20.1 Å². The van der Waals surface area contributed by atoms with Gasteiger partial charge in [0.25, 0.3) is 5.91 Å². The molecule has 1 amide bonds. The average Bonchev–Trinajstić information content (AvgIpc) is 2.76. The van der Waals surface area contributed by atoms with Crippen molar-refractivity contribution in [3.63, 3.8) is 0 Å². The number of benzene rings is 3. The molecule has 0 aliphatic rings. The molecule has 8 heteroatoms. The van der Waals surface area contributed by atoms with E-state index in [2.05, 4.69) is 33.2 Å². The Morgan fingerprint density at radius 3 is 2.50 bits per heavy atom. The maximum atomic E-state index is 12.3. The van der Waals surface area contributed by atoms with Crippen molar-refractivity contribution in [2.24, 2.45) is 0 Å². The molecule has 0 atom stereocenters. The first-order valence-corrected chi connectivity index (χ1v) is 10.9. The van der Waals surface area contributed by atoms with Crippen LogP contribution in [-0.2, 0) is 11.3 Å². The zero-order chi connectivity index (χ0) is 23.1. The Kier molecular flexibility index (Phi) is 7.93. The van der Waals surface area contributed by atoms with Gasteiger partial charge in [-0.3, -0.25) is 4.79 Å². The van der Waals surface area contributed by atoms with E-state index in [1.54, 1.807) is 31.4 Å². The number of methoxy groups -OCH3 is 1. The predicted octanol–water partition coefficient (Wildman–Crippen LogP) is 4.94. The van der Waals surface area contributed by atoms with Gasteiger partial charge in [0.05, 0.1) is 16.2 Å². The van der Waals surface area contributed by atoms with Gasteiger partial charge < -0.3 is 25.2 Å². The van der Waals surface area contributed by atoms with Gasteiger partial charge in [-0.25, -0.2) is 4.79 Å². The molecule has 0 unspecified atom stereocenters. The fourth-order valence-electron chi connectivity index (χ4n) is 3.04. The topological polar surface area (TPSA) is 96.9 Å². The molecule has 3 rings (SSSR count). The van der Waals surface area contributed by atoms with E-state index in [-0.39, 0.29) is 18.1 Å². The number of carbonyl (C=O) groups is 2. The maximum absolute atomic E-state index is 12.3. The molecule has 0 fully saturated rings. The lowest BCUT2D eigenvalue weighted by Crippen LogP contribution is -2.20. The summed E-state index contributed by atoms with van der Waals surface area (Å²) in [6, 6.07) is 17.9. The molecule has 0 aliphatic heterocycles.